The Hall–Kier alpha value is -0.840. The number of hydrogen-bond acceptors (Lipinski definition) is 4. The first kappa shape index (κ1) is 14.2. The topological polar surface area (TPSA) is 43.6 Å². The molecule has 1 heterocycles. The number of nitrogens with one attached hydrogen (secondary N) is 1. The number of rotatable bonds is 9. The highest BCUT2D eigenvalue weighted by molar-refractivity contribution is 5.11. The SMILES string of the molecule is CNCc1coc(COCCOCC(C)C)c1. The normalized spacial score (nSPS) is 11.3. The summed E-state index contributed by atoms with van der Waals surface area (Å²) in [4.78, 5) is 0. The number of furan rings is 1. The van der Waals surface area contributed by atoms with E-state index in [0.29, 0.717) is 25.7 Å². The Balaban J connectivity index is 2.05. The van der Waals surface area contributed by atoms with E-state index in [2.05, 4.69) is 19.2 Å². The van der Waals surface area contributed by atoms with Gasteiger partial charge in [-0.05, 0) is 19.0 Å². The van der Waals surface area contributed by atoms with Crippen LogP contribution in [-0.4, -0.2) is 26.9 Å². The quantitative estimate of drug-likeness (QED) is 0.673. The first-order valence-electron chi connectivity index (χ1n) is 6.08. The Morgan fingerprint density at radius 3 is 2.76 bits per heavy atom. The molecule has 0 aliphatic carbocycles. The molecule has 0 unspecified atom stereocenters. The highest BCUT2D eigenvalue weighted by Gasteiger charge is 2.01. The maximum atomic E-state index is 5.45. The monoisotopic (exact) mass is 241 g/mol. The van der Waals surface area contributed by atoms with Crippen molar-refractivity contribution in [3.05, 3.63) is 23.7 Å². The molecule has 98 valence electrons. The van der Waals surface area contributed by atoms with E-state index in [1.54, 1.807) is 6.26 Å². The van der Waals surface area contributed by atoms with Crippen LogP contribution in [0.15, 0.2) is 16.7 Å². The fourth-order valence-electron chi connectivity index (χ4n) is 1.41. The van der Waals surface area contributed by atoms with Crippen LogP contribution in [-0.2, 0) is 22.6 Å². The highest BCUT2D eigenvalue weighted by atomic mass is 16.5. The average Bonchev–Trinajstić information content (AvgIpc) is 2.71. The molecule has 1 aromatic rings. The van der Waals surface area contributed by atoms with Gasteiger partial charge in [0.05, 0.1) is 19.5 Å². The van der Waals surface area contributed by atoms with Gasteiger partial charge in [-0.2, -0.15) is 0 Å². The summed E-state index contributed by atoms with van der Waals surface area (Å²) in [6.07, 6.45) is 1.75. The molecule has 0 atom stereocenters. The lowest BCUT2D eigenvalue weighted by Gasteiger charge is -2.06. The fourth-order valence-corrected chi connectivity index (χ4v) is 1.41. The van der Waals surface area contributed by atoms with E-state index in [9.17, 15) is 0 Å². The lowest BCUT2D eigenvalue weighted by molar-refractivity contribution is 0.0264. The van der Waals surface area contributed by atoms with Crippen molar-refractivity contribution in [1.29, 1.82) is 0 Å². The van der Waals surface area contributed by atoms with Gasteiger partial charge in [0.15, 0.2) is 0 Å². The minimum Gasteiger partial charge on any atom is -0.467 e. The van der Waals surface area contributed by atoms with E-state index >= 15 is 0 Å². The van der Waals surface area contributed by atoms with Gasteiger partial charge in [0.25, 0.3) is 0 Å². The largest absolute Gasteiger partial charge is 0.467 e. The zero-order valence-electron chi connectivity index (χ0n) is 11.0. The summed E-state index contributed by atoms with van der Waals surface area (Å²) in [6.45, 7) is 7.63. The third-order valence-electron chi connectivity index (χ3n) is 2.16. The van der Waals surface area contributed by atoms with Crippen LogP contribution >= 0.6 is 0 Å². The van der Waals surface area contributed by atoms with Crippen molar-refractivity contribution in [1.82, 2.24) is 5.32 Å². The van der Waals surface area contributed by atoms with Crippen LogP contribution < -0.4 is 5.32 Å². The standard InChI is InChI=1S/C13H23NO3/c1-11(2)8-15-4-5-16-10-13-6-12(7-14-3)9-17-13/h6,9,11,14H,4-5,7-8,10H2,1-3H3. The lowest BCUT2D eigenvalue weighted by Crippen LogP contribution is -2.08. The highest BCUT2D eigenvalue weighted by Crippen LogP contribution is 2.08. The van der Waals surface area contributed by atoms with E-state index in [1.807, 2.05) is 13.1 Å². The summed E-state index contributed by atoms with van der Waals surface area (Å²) >= 11 is 0. The molecule has 0 saturated heterocycles. The summed E-state index contributed by atoms with van der Waals surface area (Å²) in [5.74, 6) is 1.43. The van der Waals surface area contributed by atoms with Crippen LogP contribution in [0.2, 0.25) is 0 Å². The first-order chi connectivity index (χ1) is 8.22. The second-order valence-electron chi connectivity index (χ2n) is 4.47. The van der Waals surface area contributed by atoms with E-state index in [-0.39, 0.29) is 0 Å². The smallest absolute Gasteiger partial charge is 0.129 e. The van der Waals surface area contributed by atoms with Crippen molar-refractivity contribution in [3.63, 3.8) is 0 Å². The van der Waals surface area contributed by atoms with Gasteiger partial charge in [0.1, 0.15) is 12.4 Å². The predicted molar refractivity (Wildman–Crippen MR) is 66.8 cm³/mol. The minimum atomic E-state index is 0.509. The van der Waals surface area contributed by atoms with Crippen LogP contribution in [0.4, 0.5) is 0 Å². The van der Waals surface area contributed by atoms with Crippen molar-refractivity contribution in [3.8, 4) is 0 Å². The molecule has 4 heteroatoms. The van der Waals surface area contributed by atoms with Crippen LogP contribution in [0.25, 0.3) is 0 Å². The zero-order chi connectivity index (χ0) is 12.5. The number of hydrogen-bond donors (Lipinski definition) is 1. The Bertz CT molecular complexity index is 297. The summed E-state index contributed by atoms with van der Waals surface area (Å²) in [7, 11) is 1.91. The molecule has 4 nitrogen and oxygen atoms in total. The molecule has 0 bridgehead atoms. The molecule has 1 aromatic heterocycles. The third-order valence-corrected chi connectivity index (χ3v) is 2.16. The molecule has 0 aliphatic rings. The molecule has 0 radical (unpaired) electrons. The Kier molecular flexibility index (Phi) is 6.93. The second-order valence-corrected chi connectivity index (χ2v) is 4.47. The van der Waals surface area contributed by atoms with Crippen molar-refractivity contribution < 1.29 is 13.9 Å². The van der Waals surface area contributed by atoms with Gasteiger partial charge in [0.2, 0.25) is 0 Å². The van der Waals surface area contributed by atoms with Gasteiger partial charge >= 0.3 is 0 Å². The van der Waals surface area contributed by atoms with Gasteiger partial charge in [-0.15, -0.1) is 0 Å². The van der Waals surface area contributed by atoms with Crippen molar-refractivity contribution in [2.45, 2.75) is 27.0 Å². The summed E-state index contributed by atoms with van der Waals surface area (Å²) in [6, 6.07) is 2.01. The van der Waals surface area contributed by atoms with Gasteiger partial charge in [-0.1, -0.05) is 13.8 Å². The molecule has 1 rings (SSSR count). The molecule has 0 saturated carbocycles. The summed E-state index contributed by atoms with van der Waals surface area (Å²) in [5, 5.41) is 3.07. The van der Waals surface area contributed by atoms with Gasteiger partial charge in [0, 0.05) is 18.7 Å². The van der Waals surface area contributed by atoms with Crippen molar-refractivity contribution >= 4 is 0 Å². The Labute approximate surface area is 103 Å². The molecular weight excluding hydrogens is 218 g/mol. The van der Waals surface area contributed by atoms with E-state index in [0.717, 1.165) is 24.5 Å². The predicted octanol–water partition coefficient (Wildman–Crippen LogP) is 2.19. The lowest BCUT2D eigenvalue weighted by atomic mass is 10.2. The molecule has 17 heavy (non-hydrogen) atoms. The van der Waals surface area contributed by atoms with Crippen LogP contribution in [0, 0.1) is 5.92 Å². The molecule has 0 amide bonds. The Morgan fingerprint density at radius 2 is 2.06 bits per heavy atom. The van der Waals surface area contributed by atoms with Crippen LogP contribution in [0.3, 0.4) is 0 Å². The van der Waals surface area contributed by atoms with Gasteiger partial charge < -0.3 is 19.2 Å². The summed E-state index contributed by atoms with van der Waals surface area (Å²) < 4.78 is 16.2. The van der Waals surface area contributed by atoms with Gasteiger partial charge in [-0.25, -0.2) is 0 Å². The van der Waals surface area contributed by atoms with Crippen molar-refractivity contribution in [2.75, 3.05) is 26.9 Å². The zero-order valence-corrected chi connectivity index (χ0v) is 11.0. The Morgan fingerprint density at radius 1 is 1.29 bits per heavy atom. The molecule has 0 aliphatic heterocycles. The first-order valence-corrected chi connectivity index (χ1v) is 6.08. The van der Waals surface area contributed by atoms with Gasteiger partial charge in [-0.3, -0.25) is 0 Å². The van der Waals surface area contributed by atoms with E-state index in [1.165, 1.54) is 0 Å². The maximum Gasteiger partial charge on any atom is 0.129 e. The molecule has 1 N–H and O–H groups in total. The summed E-state index contributed by atoms with van der Waals surface area (Å²) in [5.41, 5.74) is 1.14. The molecular formula is C13H23NO3. The molecule has 0 spiro atoms. The van der Waals surface area contributed by atoms with Crippen LogP contribution in [0.5, 0.6) is 0 Å². The van der Waals surface area contributed by atoms with Crippen LogP contribution in [0.1, 0.15) is 25.2 Å². The average molecular weight is 241 g/mol. The second kappa shape index (κ2) is 8.28. The van der Waals surface area contributed by atoms with E-state index in [4.69, 9.17) is 13.9 Å². The van der Waals surface area contributed by atoms with Crippen molar-refractivity contribution in [2.24, 2.45) is 5.92 Å². The minimum absolute atomic E-state index is 0.509. The number of ether oxygens (including phenoxy) is 2. The molecule has 0 aromatic carbocycles. The third kappa shape index (κ3) is 6.46. The van der Waals surface area contributed by atoms with E-state index < -0.39 is 0 Å². The maximum absolute atomic E-state index is 5.45. The molecule has 0 fully saturated rings. The fraction of sp³-hybridized carbons (Fsp3) is 0.692.